The van der Waals surface area contributed by atoms with Gasteiger partial charge in [0.2, 0.25) is 5.82 Å². The lowest BCUT2D eigenvalue weighted by Gasteiger charge is -2.19. The van der Waals surface area contributed by atoms with Gasteiger partial charge in [0.15, 0.2) is 0 Å². The van der Waals surface area contributed by atoms with Crippen molar-refractivity contribution in [2.75, 3.05) is 6.54 Å². The maximum atomic E-state index is 13.5. The SMILES string of the molecule is CC(C)(C)OC(=O)NCCC=Cc1cc(F)c([N+](=O)[O-])cc1Cl. The van der Waals surface area contributed by atoms with Gasteiger partial charge in [-0.05, 0) is 38.8 Å². The number of nitro groups is 1. The van der Waals surface area contributed by atoms with Gasteiger partial charge in [-0.25, -0.2) is 4.79 Å². The monoisotopic (exact) mass is 344 g/mol. The summed E-state index contributed by atoms with van der Waals surface area (Å²) >= 11 is 5.87. The number of carbonyl (C=O) groups excluding carboxylic acids is 1. The topological polar surface area (TPSA) is 81.5 Å². The van der Waals surface area contributed by atoms with Crippen molar-refractivity contribution in [1.82, 2.24) is 5.32 Å². The molecular weight excluding hydrogens is 327 g/mol. The fraction of sp³-hybridized carbons (Fsp3) is 0.400. The molecule has 126 valence electrons. The van der Waals surface area contributed by atoms with Crippen LogP contribution in [0.1, 0.15) is 32.8 Å². The van der Waals surface area contributed by atoms with E-state index < -0.39 is 28.1 Å². The van der Waals surface area contributed by atoms with E-state index in [4.69, 9.17) is 16.3 Å². The second-order valence-electron chi connectivity index (χ2n) is 5.70. The zero-order chi connectivity index (χ0) is 17.6. The minimum Gasteiger partial charge on any atom is -0.444 e. The van der Waals surface area contributed by atoms with Crippen LogP contribution in [0.3, 0.4) is 0 Å². The van der Waals surface area contributed by atoms with E-state index in [0.717, 1.165) is 12.1 Å². The molecule has 0 aliphatic heterocycles. The van der Waals surface area contributed by atoms with Crippen molar-refractivity contribution in [2.24, 2.45) is 0 Å². The first-order valence-electron chi connectivity index (χ1n) is 6.87. The number of halogens is 2. The zero-order valence-electron chi connectivity index (χ0n) is 13.1. The summed E-state index contributed by atoms with van der Waals surface area (Å²) in [4.78, 5) is 21.2. The average Bonchev–Trinajstić information content (AvgIpc) is 2.39. The van der Waals surface area contributed by atoms with Crippen LogP contribution in [0, 0.1) is 15.9 Å². The minimum atomic E-state index is -0.953. The third-order valence-electron chi connectivity index (χ3n) is 2.54. The summed E-state index contributed by atoms with van der Waals surface area (Å²) < 4.78 is 18.6. The van der Waals surface area contributed by atoms with Gasteiger partial charge in [-0.2, -0.15) is 4.39 Å². The molecular formula is C15H18ClFN2O4. The number of hydrogen-bond acceptors (Lipinski definition) is 4. The Bertz CT molecular complexity index is 627. The quantitative estimate of drug-likeness (QED) is 0.490. The van der Waals surface area contributed by atoms with E-state index in [1.807, 2.05) is 0 Å². The van der Waals surface area contributed by atoms with E-state index in [2.05, 4.69) is 5.32 Å². The van der Waals surface area contributed by atoms with E-state index in [9.17, 15) is 19.3 Å². The minimum absolute atomic E-state index is 0.0782. The molecule has 0 radical (unpaired) electrons. The number of carbonyl (C=O) groups is 1. The first-order chi connectivity index (χ1) is 10.6. The molecule has 0 saturated carbocycles. The predicted molar refractivity (Wildman–Crippen MR) is 86.0 cm³/mol. The lowest BCUT2D eigenvalue weighted by atomic mass is 10.1. The van der Waals surface area contributed by atoms with Crippen LogP contribution in [0.4, 0.5) is 14.9 Å². The Balaban J connectivity index is 2.54. The van der Waals surface area contributed by atoms with E-state index in [1.54, 1.807) is 26.8 Å². The van der Waals surface area contributed by atoms with Crippen LogP contribution in [-0.2, 0) is 4.74 Å². The lowest BCUT2D eigenvalue weighted by Crippen LogP contribution is -2.32. The van der Waals surface area contributed by atoms with Gasteiger partial charge in [-0.15, -0.1) is 0 Å². The second-order valence-corrected chi connectivity index (χ2v) is 6.11. The molecule has 0 heterocycles. The summed E-state index contributed by atoms with van der Waals surface area (Å²) in [5, 5.41) is 13.2. The van der Waals surface area contributed by atoms with Gasteiger partial charge in [0, 0.05) is 12.6 Å². The molecule has 1 aromatic rings. The predicted octanol–water partition coefficient (Wildman–Crippen LogP) is 4.32. The third kappa shape index (κ3) is 6.65. The first-order valence-corrected chi connectivity index (χ1v) is 7.25. The van der Waals surface area contributed by atoms with Crippen LogP contribution in [0.2, 0.25) is 5.02 Å². The maximum Gasteiger partial charge on any atom is 0.407 e. The Morgan fingerprint density at radius 1 is 1.48 bits per heavy atom. The lowest BCUT2D eigenvalue weighted by molar-refractivity contribution is -0.387. The first kappa shape index (κ1) is 18.9. The van der Waals surface area contributed by atoms with Crippen molar-refractivity contribution in [3.8, 4) is 0 Å². The standard InChI is InChI=1S/C15H18ClFN2O4/c1-15(2,3)23-14(20)18-7-5-4-6-10-8-12(17)13(19(21)22)9-11(10)16/h4,6,8-9H,5,7H2,1-3H3,(H,18,20). The smallest absolute Gasteiger partial charge is 0.407 e. The van der Waals surface area contributed by atoms with Crippen LogP contribution in [-0.4, -0.2) is 23.2 Å². The Hall–Kier alpha value is -2.15. The maximum absolute atomic E-state index is 13.5. The molecule has 0 aliphatic carbocycles. The summed E-state index contributed by atoms with van der Waals surface area (Å²) in [5.41, 5.74) is -0.908. The summed E-state index contributed by atoms with van der Waals surface area (Å²) in [5.74, 6) is -0.953. The van der Waals surface area contributed by atoms with Gasteiger partial charge in [0.1, 0.15) is 5.60 Å². The molecule has 0 atom stereocenters. The average molecular weight is 345 g/mol. The molecule has 0 aliphatic rings. The highest BCUT2D eigenvalue weighted by Crippen LogP contribution is 2.26. The summed E-state index contributed by atoms with van der Waals surface area (Å²) in [6.45, 7) is 5.62. The Morgan fingerprint density at radius 2 is 2.13 bits per heavy atom. The normalized spacial score (nSPS) is 11.5. The molecule has 6 nitrogen and oxygen atoms in total. The van der Waals surface area contributed by atoms with Crippen molar-refractivity contribution in [3.05, 3.63) is 44.7 Å². The highest BCUT2D eigenvalue weighted by molar-refractivity contribution is 6.32. The number of nitro benzene ring substituents is 1. The van der Waals surface area contributed by atoms with Gasteiger partial charge in [0.05, 0.1) is 9.95 Å². The number of benzene rings is 1. The zero-order valence-corrected chi connectivity index (χ0v) is 13.8. The second kappa shape index (κ2) is 7.92. The summed E-state index contributed by atoms with van der Waals surface area (Å²) in [6, 6.07) is 1.97. The number of nitrogens with zero attached hydrogens (tertiary/aromatic N) is 1. The molecule has 1 N–H and O–H groups in total. The molecule has 0 bridgehead atoms. The van der Waals surface area contributed by atoms with Crippen LogP contribution in [0.15, 0.2) is 18.2 Å². The van der Waals surface area contributed by atoms with Crippen molar-refractivity contribution >= 4 is 29.5 Å². The van der Waals surface area contributed by atoms with Gasteiger partial charge in [-0.3, -0.25) is 10.1 Å². The van der Waals surface area contributed by atoms with E-state index >= 15 is 0 Å². The van der Waals surface area contributed by atoms with E-state index in [0.29, 0.717) is 18.5 Å². The number of ether oxygens (including phenoxy) is 1. The molecule has 1 amide bonds. The van der Waals surface area contributed by atoms with E-state index in [-0.39, 0.29) is 5.02 Å². The number of rotatable bonds is 5. The van der Waals surface area contributed by atoms with Crippen molar-refractivity contribution in [3.63, 3.8) is 0 Å². The van der Waals surface area contributed by atoms with Gasteiger partial charge in [0.25, 0.3) is 0 Å². The molecule has 0 unspecified atom stereocenters. The van der Waals surface area contributed by atoms with Crippen LogP contribution < -0.4 is 5.32 Å². The molecule has 8 heteroatoms. The highest BCUT2D eigenvalue weighted by atomic mass is 35.5. The number of nitrogens with one attached hydrogen (secondary N) is 1. The highest BCUT2D eigenvalue weighted by Gasteiger charge is 2.16. The number of amides is 1. The van der Waals surface area contributed by atoms with Crippen molar-refractivity contribution in [1.29, 1.82) is 0 Å². The molecule has 23 heavy (non-hydrogen) atoms. The fourth-order valence-corrected chi connectivity index (χ4v) is 1.82. The summed E-state index contributed by atoms with van der Waals surface area (Å²) in [6.07, 6.45) is 3.15. The van der Waals surface area contributed by atoms with Crippen LogP contribution >= 0.6 is 11.6 Å². The molecule has 0 spiro atoms. The van der Waals surface area contributed by atoms with Gasteiger partial charge in [-0.1, -0.05) is 23.8 Å². The molecule has 1 rings (SSSR count). The molecule has 0 fully saturated rings. The van der Waals surface area contributed by atoms with Gasteiger partial charge < -0.3 is 10.1 Å². The Morgan fingerprint density at radius 3 is 2.70 bits per heavy atom. The van der Waals surface area contributed by atoms with Crippen LogP contribution in [0.5, 0.6) is 0 Å². The van der Waals surface area contributed by atoms with Crippen molar-refractivity contribution in [2.45, 2.75) is 32.8 Å². The number of alkyl carbamates (subject to hydrolysis) is 1. The van der Waals surface area contributed by atoms with Gasteiger partial charge >= 0.3 is 11.8 Å². The summed E-state index contributed by atoms with van der Waals surface area (Å²) in [7, 11) is 0. The number of hydrogen-bond donors (Lipinski definition) is 1. The Labute approximate surface area is 138 Å². The molecule has 0 aromatic heterocycles. The Kier molecular flexibility index (Phi) is 6.50. The van der Waals surface area contributed by atoms with Crippen molar-refractivity contribution < 1.29 is 18.8 Å². The fourth-order valence-electron chi connectivity index (χ4n) is 1.60. The molecule has 1 aromatic carbocycles. The van der Waals surface area contributed by atoms with Crippen LogP contribution in [0.25, 0.3) is 6.08 Å². The van der Waals surface area contributed by atoms with E-state index in [1.165, 1.54) is 6.08 Å². The largest absolute Gasteiger partial charge is 0.444 e. The molecule has 0 saturated heterocycles. The third-order valence-corrected chi connectivity index (χ3v) is 2.87.